The number of fused-ring (bicyclic) bond motifs is 5. The zero-order valence-electron chi connectivity index (χ0n) is 25.1. The number of hydrogen-bond acceptors (Lipinski definition) is 4. The second-order valence-corrected chi connectivity index (χ2v) is 16.8. The smallest absolute Gasteiger partial charge is 0.328 e. The lowest BCUT2D eigenvalue weighted by Crippen LogP contribution is -2.61. The van der Waals surface area contributed by atoms with Gasteiger partial charge in [-0.05, 0) is 110 Å². The molecule has 5 aliphatic rings. The van der Waals surface area contributed by atoms with Gasteiger partial charge in [0.25, 0.3) is 0 Å². The van der Waals surface area contributed by atoms with Crippen molar-refractivity contribution in [2.75, 3.05) is 6.54 Å². The van der Waals surface area contributed by atoms with Gasteiger partial charge in [-0.25, -0.2) is 17.9 Å². The van der Waals surface area contributed by atoms with Gasteiger partial charge in [0.1, 0.15) is 0 Å². The summed E-state index contributed by atoms with van der Waals surface area (Å²) in [5.74, 6) is 3.85. The van der Waals surface area contributed by atoms with Gasteiger partial charge in [-0.3, -0.25) is 0 Å². The molecular formula is C32H56N2O4S. The van der Waals surface area contributed by atoms with Crippen LogP contribution in [0.3, 0.4) is 0 Å². The molecule has 224 valence electrons. The first kappa shape index (κ1) is 29.7. The number of urea groups is 1. The molecule has 0 aromatic heterocycles. The SMILES string of the molecule is CC[C@H]1[C@@H](O)[C@@H]2[C@H](CC[C@]3(C)[C@@H]([C@H](C)CCNC(=O)NS(=O)(=O)C4CCCCC4)CC[C@@H]23)[C@@]2(C)CCCC[C@@H]12. The van der Waals surface area contributed by atoms with E-state index in [1.165, 1.54) is 51.4 Å². The summed E-state index contributed by atoms with van der Waals surface area (Å²) in [6.45, 7) is 10.2. The minimum Gasteiger partial charge on any atom is -0.393 e. The van der Waals surface area contributed by atoms with Crippen LogP contribution in [0.1, 0.15) is 124 Å². The number of nitrogens with one attached hydrogen (secondary N) is 2. The van der Waals surface area contributed by atoms with Gasteiger partial charge in [0.05, 0.1) is 11.4 Å². The maximum absolute atomic E-state index is 12.6. The van der Waals surface area contributed by atoms with E-state index in [9.17, 15) is 18.3 Å². The standard InChI is InChI=1S/C32H56N2O4S/c1-5-23-25-13-9-10-18-31(25,3)27-16-19-32(4)24(14-15-26(32)28(27)29(23)35)21(2)17-20-33-30(36)34-39(37,38)22-11-7-6-8-12-22/h21-29,35H,5-20H2,1-4H3,(H2,33,34,36)/t21-,23-,24-,25+,26+,27+,28+,29-,31+,32-/m1/s1. The second kappa shape index (κ2) is 11.5. The molecule has 5 fully saturated rings. The Labute approximate surface area is 238 Å². The maximum atomic E-state index is 12.6. The van der Waals surface area contributed by atoms with Crippen LogP contribution < -0.4 is 10.0 Å². The summed E-state index contributed by atoms with van der Waals surface area (Å²) in [6.07, 6.45) is 16.3. The lowest BCUT2D eigenvalue weighted by Gasteiger charge is -2.64. The molecule has 0 heterocycles. The Kier molecular flexibility index (Phi) is 8.71. The second-order valence-electron chi connectivity index (χ2n) is 14.9. The Morgan fingerprint density at radius 3 is 2.31 bits per heavy atom. The van der Waals surface area contributed by atoms with Crippen LogP contribution in [0.4, 0.5) is 4.79 Å². The topological polar surface area (TPSA) is 95.5 Å². The summed E-state index contributed by atoms with van der Waals surface area (Å²) in [7, 11) is -3.60. The fourth-order valence-corrected chi connectivity index (χ4v) is 12.7. The fourth-order valence-electron chi connectivity index (χ4n) is 11.3. The molecule has 3 N–H and O–H groups in total. The Hall–Kier alpha value is -0.820. The van der Waals surface area contributed by atoms with E-state index >= 15 is 0 Å². The highest BCUT2D eigenvalue weighted by molar-refractivity contribution is 7.90. The summed E-state index contributed by atoms with van der Waals surface area (Å²) < 4.78 is 27.5. The highest BCUT2D eigenvalue weighted by Crippen LogP contribution is 2.69. The van der Waals surface area contributed by atoms with Crippen LogP contribution in [0.25, 0.3) is 0 Å². The van der Waals surface area contributed by atoms with E-state index in [1.807, 2.05) is 0 Å². The number of rotatable bonds is 7. The van der Waals surface area contributed by atoms with Crippen LogP contribution in [-0.2, 0) is 10.0 Å². The number of carbonyl (C=O) groups is 1. The number of hydrogen-bond donors (Lipinski definition) is 3. The van der Waals surface area contributed by atoms with Gasteiger partial charge in [-0.2, -0.15) is 0 Å². The number of carbonyl (C=O) groups excluding carboxylic acids is 1. The predicted octanol–water partition coefficient (Wildman–Crippen LogP) is 6.63. The lowest BCUT2D eigenvalue weighted by atomic mass is 9.41. The van der Waals surface area contributed by atoms with Crippen LogP contribution in [0.15, 0.2) is 0 Å². The normalized spacial score (nSPS) is 43.6. The largest absolute Gasteiger partial charge is 0.393 e. The van der Waals surface area contributed by atoms with E-state index in [0.717, 1.165) is 32.1 Å². The zero-order chi connectivity index (χ0) is 28.0. The number of amides is 2. The van der Waals surface area contributed by atoms with Crippen LogP contribution in [0.5, 0.6) is 0 Å². The Morgan fingerprint density at radius 1 is 0.897 bits per heavy atom. The third-order valence-corrected chi connectivity index (χ3v) is 15.0. The van der Waals surface area contributed by atoms with Gasteiger partial charge in [-0.1, -0.05) is 66.2 Å². The summed E-state index contributed by atoms with van der Waals surface area (Å²) in [5.41, 5.74) is 0.632. The molecule has 7 heteroatoms. The van der Waals surface area contributed by atoms with Gasteiger partial charge < -0.3 is 10.4 Å². The molecule has 0 radical (unpaired) electrons. The van der Waals surface area contributed by atoms with Crippen molar-refractivity contribution in [1.29, 1.82) is 0 Å². The molecule has 0 bridgehead atoms. The van der Waals surface area contributed by atoms with E-state index < -0.39 is 21.3 Å². The molecule has 0 aromatic carbocycles. The Bertz CT molecular complexity index is 981. The molecule has 5 saturated carbocycles. The van der Waals surface area contributed by atoms with Gasteiger partial charge in [0, 0.05) is 6.54 Å². The number of sulfonamides is 1. The third-order valence-electron chi connectivity index (χ3n) is 13.2. The van der Waals surface area contributed by atoms with E-state index in [0.29, 0.717) is 66.2 Å². The van der Waals surface area contributed by atoms with Crippen molar-refractivity contribution >= 4 is 16.1 Å². The van der Waals surface area contributed by atoms with E-state index in [4.69, 9.17) is 0 Å². The quantitative estimate of drug-likeness (QED) is 0.323. The minimum absolute atomic E-state index is 0.161. The van der Waals surface area contributed by atoms with Crippen LogP contribution in [0.2, 0.25) is 0 Å². The Balaban J connectivity index is 1.20. The van der Waals surface area contributed by atoms with Crippen molar-refractivity contribution in [3.8, 4) is 0 Å². The Morgan fingerprint density at radius 2 is 1.59 bits per heavy atom. The average Bonchev–Trinajstić information content (AvgIpc) is 3.26. The van der Waals surface area contributed by atoms with Gasteiger partial charge in [0.15, 0.2) is 0 Å². The zero-order valence-corrected chi connectivity index (χ0v) is 25.9. The minimum atomic E-state index is -3.60. The molecule has 0 unspecified atom stereocenters. The highest BCUT2D eigenvalue weighted by atomic mass is 32.2. The number of aliphatic hydroxyl groups excluding tert-OH is 1. The predicted molar refractivity (Wildman–Crippen MR) is 156 cm³/mol. The summed E-state index contributed by atoms with van der Waals surface area (Å²) >= 11 is 0. The fraction of sp³-hybridized carbons (Fsp3) is 0.969. The average molecular weight is 565 g/mol. The maximum Gasteiger partial charge on any atom is 0.328 e. The highest BCUT2D eigenvalue weighted by Gasteiger charge is 2.64. The molecule has 6 nitrogen and oxygen atoms in total. The van der Waals surface area contributed by atoms with Crippen molar-refractivity contribution < 1.29 is 18.3 Å². The van der Waals surface area contributed by atoms with E-state index in [-0.39, 0.29) is 11.5 Å². The number of aliphatic hydroxyl groups is 1. The van der Waals surface area contributed by atoms with Crippen molar-refractivity contribution in [2.24, 2.45) is 52.3 Å². The van der Waals surface area contributed by atoms with Crippen LogP contribution in [0, 0.1) is 52.3 Å². The molecule has 0 spiro atoms. The van der Waals surface area contributed by atoms with E-state index in [1.54, 1.807) is 0 Å². The van der Waals surface area contributed by atoms with Crippen molar-refractivity contribution in [1.82, 2.24) is 10.0 Å². The summed E-state index contributed by atoms with van der Waals surface area (Å²) in [4.78, 5) is 12.5. The first-order chi connectivity index (χ1) is 18.5. The molecule has 10 atom stereocenters. The van der Waals surface area contributed by atoms with Gasteiger partial charge in [0.2, 0.25) is 10.0 Å². The lowest BCUT2D eigenvalue weighted by molar-refractivity contribution is -0.194. The first-order valence-corrected chi connectivity index (χ1v) is 18.0. The van der Waals surface area contributed by atoms with Gasteiger partial charge in [-0.15, -0.1) is 0 Å². The van der Waals surface area contributed by atoms with Gasteiger partial charge >= 0.3 is 6.03 Å². The summed E-state index contributed by atoms with van der Waals surface area (Å²) in [5, 5.41) is 14.3. The molecule has 39 heavy (non-hydrogen) atoms. The van der Waals surface area contributed by atoms with Crippen LogP contribution in [-0.4, -0.2) is 37.5 Å². The molecule has 5 rings (SSSR count). The molecule has 0 aromatic rings. The van der Waals surface area contributed by atoms with Crippen molar-refractivity contribution in [2.45, 2.75) is 135 Å². The molecule has 2 amide bonds. The molecule has 0 saturated heterocycles. The summed E-state index contributed by atoms with van der Waals surface area (Å²) in [6, 6.07) is -0.574. The van der Waals surface area contributed by atoms with E-state index in [2.05, 4.69) is 37.7 Å². The molecule has 0 aliphatic heterocycles. The third kappa shape index (κ3) is 5.30. The monoisotopic (exact) mass is 564 g/mol. The van der Waals surface area contributed by atoms with Crippen LogP contribution >= 0.6 is 0 Å². The van der Waals surface area contributed by atoms with Crippen molar-refractivity contribution in [3.63, 3.8) is 0 Å². The first-order valence-electron chi connectivity index (χ1n) is 16.5. The van der Waals surface area contributed by atoms with Crippen molar-refractivity contribution in [3.05, 3.63) is 0 Å². The molecular weight excluding hydrogens is 508 g/mol. The molecule has 5 aliphatic carbocycles.